The Morgan fingerprint density at radius 1 is 0.957 bits per heavy atom. The van der Waals surface area contributed by atoms with Crippen molar-refractivity contribution in [2.24, 2.45) is 0 Å². The summed E-state index contributed by atoms with van der Waals surface area (Å²) in [6.07, 6.45) is 2.25. The van der Waals surface area contributed by atoms with Crippen molar-refractivity contribution in [2.45, 2.75) is 6.04 Å². The number of nitrogens with zero attached hydrogens (tertiary/aromatic N) is 1. The Morgan fingerprint density at radius 2 is 1.83 bits per heavy atom. The van der Waals surface area contributed by atoms with Crippen LogP contribution in [0.15, 0.2) is 78.2 Å². The Hall–Kier alpha value is -2.23. The van der Waals surface area contributed by atoms with Gasteiger partial charge < -0.3 is 0 Å². The molecule has 4 heteroatoms. The SMILES string of the molecule is Clc1cccc(C2C=C(c3cccs3)NN2c2ccccc2)c1. The minimum atomic E-state index is 0.105. The molecule has 1 aliphatic heterocycles. The summed E-state index contributed by atoms with van der Waals surface area (Å²) in [5.74, 6) is 0. The van der Waals surface area contributed by atoms with Gasteiger partial charge in [-0.1, -0.05) is 48.0 Å². The highest BCUT2D eigenvalue weighted by molar-refractivity contribution is 7.11. The van der Waals surface area contributed by atoms with Crippen molar-refractivity contribution in [2.75, 3.05) is 5.01 Å². The van der Waals surface area contributed by atoms with E-state index in [0.29, 0.717) is 0 Å². The van der Waals surface area contributed by atoms with Crippen molar-refractivity contribution in [3.05, 3.63) is 93.6 Å². The topological polar surface area (TPSA) is 15.3 Å². The van der Waals surface area contributed by atoms with Gasteiger partial charge in [-0.25, -0.2) is 0 Å². The van der Waals surface area contributed by atoms with Crippen LogP contribution in [-0.4, -0.2) is 0 Å². The van der Waals surface area contributed by atoms with Crippen molar-refractivity contribution >= 4 is 34.3 Å². The first-order valence-electron chi connectivity index (χ1n) is 7.43. The Kier molecular flexibility index (Phi) is 3.82. The van der Waals surface area contributed by atoms with Crippen LogP contribution in [0.1, 0.15) is 16.5 Å². The van der Waals surface area contributed by atoms with Gasteiger partial charge in [-0.2, -0.15) is 0 Å². The molecule has 3 aromatic rings. The van der Waals surface area contributed by atoms with Crippen molar-refractivity contribution in [3.63, 3.8) is 0 Å². The molecule has 0 saturated heterocycles. The molecular formula is C19H15ClN2S. The van der Waals surface area contributed by atoms with E-state index in [0.717, 1.165) is 16.4 Å². The summed E-state index contributed by atoms with van der Waals surface area (Å²) in [6.45, 7) is 0. The maximum Gasteiger partial charge on any atom is 0.0959 e. The highest BCUT2D eigenvalue weighted by Crippen LogP contribution is 2.36. The van der Waals surface area contributed by atoms with Gasteiger partial charge in [0, 0.05) is 5.02 Å². The lowest BCUT2D eigenvalue weighted by Crippen LogP contribution is -2.33. The molecule has 2 heterocycles. The number of benzene rings is 2. The number of hydrazine groups is 1. The molecule has 1 unspecified atom stereocenters. The lowest BCUT2D eigenvalue weighted by molar-refractivity contribution is 0.724. The Balaban J connectivity index is 1.77. The highest BCUT2D eigenvalue weighted by Gasteiger charge is 2.27. The maximum atomic E-state index is 6.20. The summed E-state index contributed by atoms with van der Waals surface area (Å²) in [5.41, 5.74) is 6.96. The number of rotatable bonds is 3. The van der Waals surface area contributed by atoms with E-state index < -0.39 is 0 Å². The van der Waals surface area contributed by atoms with Crippen molar-refractivity contribution in [1.82, 2.24) is 5.43 Å². The predicted molar refractivity (Wildman–Crippen MR) is 98.5 cm³/mol. The molecule has 1 N–H and O–H groups in total. The van der Waals surface area contributed by atoms with E-state index in [1.54, 1.807) is 11.3 Å². The summed E-state index contributed by atoms with van der Waals surface area (Å²) in [5, 5.41) is 5.03. The lowest BCUT2D eigenvalue weighted by atomic mass is 10.1. The van der Waals surface area contributed by atoms with Gasteiger partial charge in [-0.3, -0.25) is 10.4 Å². The van der Waals surface area contributed by atoms with E-state index in [9.17, 15) is 0 Å². The summed E-state index contributed by atoms with van der Waals surface area (Å²) < 4.78 is 0. The van der Waals surface area contributed by atoms with Gasteiger partial charge in [-0.15, -0.1) is 11.3 Å². The van der Waals surface area contributed by atoms with Gasteiger partial charge in [0.15, 0.2) is 0 Å². The normalized spacial score (nSPS) is 17.0. The zero-order chi connectivity index (χ0) is 15.6. The number of para-hydroxylation sites is 1. The van der Waals surface area contributed by atoms with Crippen LogP contribution < -0.4 is 10.4 Å². The summed E-state index contributed by atoms with van der Waals surface area (Å²) in [6, 6.07) is 22.7. The van der Waals surface area contributed by atoms with Crippen LogP contribution in [0.3, 0.4) is 0 Å². The largest absolute Gasteiger partial charge is 0.296 e. The number of halogens is 1. The van der Waals surface area contributed by atoms with Crippen LogP contribution in [0.25, 0.3) is 5.70 Å². The first-order valence-corrected chi connectivity index (χ1v) is 8.69. The molecule has 2 nitrogen and oxygen atoms in total. The van der Waals surface area contributed by atoms with E-state index >= 15 is 0 Å². The quantitative estimate of drug-likeness (QED) is 0.677. The predicted octanol–water partition coefficient (Wildman–Crippen LogP) is 5.51. The third-order valence-electron chi connectivity index (χ3n) is 3.85. The van der Waals surface area contributed by atoms with Crippen molar-refractivity contribution in [1.29, 1.82) is 0 Å². The Bertz CT molecular complexity index is 828. The summed E-state index contributed by atoms with van der Waals surface area (Å²) in [7, 11) is 0. The first kappa shape index (κ1) is 14.4. The average molecular weight is 339 g/mol. The second-order valence-corrected chi connectivity index (χ2v) is 6.76. The molecule has 1 aliphatic rings. The molecule has 0 amide bonds. The first-order chi connectivity index (χ1) is 11.3. The second-order valence-electron chi connectivity index (χ2n) is 5.37. The monoisotopic (exact) mass is 338 g/mol. The van der Waals surface area contributed by atoms with Crippen LogP contribution in [-0.2, 0) is 0 Å². The standard InChI is InChI=1S/C19H15ClN2S/c20-15-7-4-6-14(12-15)18-13-17(19-10-5-11-23-19)21-22(18)16-8-2-1-3-9-16/h1-13,18,21H. The highest BCUT2D eigenvalue weighted by atomic mass is 35.5. The maximum absolute atomic E-state index is 6.20. The van der Waals surface area contributed by atoms with Gasteiger partial charge in [0.05, 0.1) is 22.3 Å². The van der Waals surface area contributed by atoms with Gasteiger partial charge >= 0.3 is 0 Å². The van der Waals surface area contributed by atoms with Crippen molar-refractivity contribution < 1.29 is 0 Å². The van der Waals surface area contributed by atoms with E-state index in [1.807, 2.05) is 24.3 Å². The van der Waals surface area contributed by atoms with Gasteiger partial charge in [0.1, 0.15) is 0 Å². The van der Waals surface area contributed by atoms with Gasteiger partial charge in [-0.05, 0) is 47.4 Å². The van der Waals surface area contributed by atoms with E-state index in [-0.39, 0.29) is 6.04 Å². The molecule has 1 atom stereocenters. The third-order valence-corrected chi connectivity index (χ3v) is 4.99. The Labute approximate surface area is 144 Å². The number of thiophene rings is 1. The second kappa shape index (κ2) is 6.11. The Morgan fingerprint density at radius 3 is 2.57 bits per heavy atom. The molecule has 2 aromatic carbocycles. The average Bonchev–Trinajstić information content (AvgIpc) is 3.25. The summed E-state index contributed by atoms with van der Waals surface area (Å²) in [4.78, 5) is 1.23. The van der Waals surface area contributed by atoms with Crippen LogP contribution in [0.4, 0.5) is 5.69 Å². The fourth-order valence-corrected chi connectivity index (χ4v) is 3.69. The van der Waals surface area contributed by atoms with Crippen LogP contribution in [0, 0.1) is 0 Å². The van der Waals surface area contributed by atoms with Crippen molar-refractivity contribution in [3.8, 4) is 0 Å². The number of anilines is 1. The fourth-order valence-electron chi connectivity index (χ4n) is 2.79. The molecular weight excluding hydrogens is 324 g/mol. The molecule has 23 heavy (non-hydrogen) atoms. The molecule has 0 radical (unpaired) electrons. The van der Waals surface area contributed by atoms with Crippen LogP contribution in [0.5, 0.6) is 0 Å². The molecule has 114 valence electrons. The zero-order valence-corrected chi connectivity index (χ0v) is 13.9. The molecule has 4 rings (SSSR count). The fraction of sp³-hybridized carbons (Fsp3) is 0.0526. The minimum absolute atomic E-state index is 0.105. The van der Waals surface area contributed by atoms with E-state index in [1.165, 1.54) is 10.4 Å². The molecule has 0 fully saturated rings. The summed E-state index contributed by atoms with van der Waals surface area (Å²) >= 11 is 7.93. The van der Waals surface area contributed by atoms with Crippen LogP contribution >= 0.6 is 22.9 Å². The van der Waals surface area contributed by atoms with Crippen LogP contribution in [0.2, 0.25) is 5.02 Å². The molecule has 0 bridgehead atoms. The van der Waals surface area contributed by atoms with E-state index in [2.05, 4.69) is 64.4 Å². The molecule has 0 saturated carbocycles. The number of hydrogen-bond donors (Lipinski definition) is 1. The van der Waals surface area contributed by atoms with E-state index in [4.69, 9.17) is 11.6 Å². The number of nitrogens with one attached hydrogen (secondary N) is 1. The lowest BCUT2D eigenvalue weighted by Gasteiger charge is -2.27. The smallest absolute Gasteiger partial charge is 0.0959 e. The number of hydrogen-bond acceptors (Lipinski definition) is 3. The van der Waals surface area contributed by atoms with Gasteiger partial charge in [0.25, 0.3) is 0 Å². The molecule has 0 aliphatic carbocycles. The third kappa shape index (κ3) is 2.85. The molecule has 0 spiro atoms. The molecule has 1 aromatic heterocycles. The van der Waals surface area contributed by atoms with Gasteiger partial charge in [0.2, 0.25) is 0 Å². The minimum Gasteiger partial charge on any atom is -0.296 e. The zero-order valence-electron chi connectivity index (χ0n) is 12.3.